The molecule has 0 aliphatic carbocycles. The third kappa shape index (κ3) is 3.10. The van der Waals surface area contributed by atoms with Crippen molar-refractivity contribution in [1.29, 1.82) is 0 Å². The Kier molecular flexibility index (Phi) is 3.00. The third-order valence-electron chi connectivity index (χ3n) is 1.13. The maximum Gasteiger partial charge on any atom is 0.213 e. The molecular formula is C6H11N3O2. The summed E-state index contributed by atoms with van der Waals surface area (Å²) in [5.41, 5.74) is 0. The largest absolute Gasteiger partial charge is 0.392 e. The Labute approximate surface area is 64.4 Å². The minimum atomic E-state index is -0.345. The first kappa shape index (κ1) is 8.16. The van der Waals surface area contributed by atoms with E-state index in [2.05, 4.69) is 20.0 Å². The topological polar surface area (TPSA) is 71.2 Å². The van der Waals surface area contributed by atoms with Gasteiger partial charge in [0.15, 0.2) is 5.82 Å². The van der Waals surface area contributed by atoms with Gasteiger partial charge in [-0.1, -0.05) is 5.16 Å². The summed E-state index contributed by atoms with van der Waals surface area (Å²) in [5.74, 6) is 0.602. The molecule has 1 aromatic rings. The second-order valence-corrected chi connectivity index (χ2v) is 2.33. The van der Waals surface area contributed by atoms with Gasteiger partial charge in [-0.15, -0.1) is 0 Å². The molecule has 0 aromatic carbocycles. The average molecular weight is 157 g/mol. The maximum absolute atomic E-state index is 8.85. The Bertz CT molecular complexity index is 186. The first-order chi connectivity index (χ1) is 5.29. The predicted octanol–water partition coefficient (Wildman–Crippen LogP) is -0.460. The lowest BCUT2D eigenvalue weighted by molar-refractivity contribution is 0.190. The molecule has 0 radical (unpaired) electrons. The van der Waals surface area contributed by atoms with Crippen LogP contribution >= 0.6 is 0 Å². The smallest absolute Gasteiger partial charge is 0.213 e. The molecule has 1 aromatic heterocycles. The minimum Gasteiger partial charge on any atom is -0.392 e. The van der Waals surface area contributed by atoms with Gasteiger partial charge in [0.05, 0.1) is 12.6 Å². The average Bonchev–Trinajstić information content (AvgIpc) is 2.39. The van der Waals surface area contributed by atoms with Crippen LogP contribution in [0, 0.1) is 0 Å². The molecule has 0 unspecified atom stereocenters. The van der Waals surface area contributed by atoms with Gasteiger partial charge in [-0.05, 0) is 6.92 Å². The van der Waals surface area contributed by atoms with E-state index in [0.717, 1.165) is 0 Å². The van der Waals surface area contributed by atoms with E-state index in [9.17, 15) is 0 Å². The molecule has 0 aliphatic rings. The molecule has 0 bridgehead atoms. The van der Waals surface area contributed by atoms with Crippen LogP contribution in [0.25, 0.3) is 0 Å². The number of hydrogen-bond acceptors (Lipinski definition) is 5. The van der Waals surface area contributed by atoms with Crippen LogP contribution in [-0.4, -0.2) is 27.9 Å². The second kappa shape index (κ2) is 4.05. The van der Waals surface area contributed by atoms with Crippen molar-refractivity contribution in [2.24, 2.45) is 0 Å². The second-order valence-electron chi connectivity index (χ2n) is 2.33. The van der Waals surface area contributed by atoms with Gasteiger partial charge in [0.1, 0.15) is 0 Å². The first-order valence-corrected chi connectivity index (χ1v) is 3.43. The van der Waals surface area contributed by atoms with E-state index in [0.29, 0.717) is 18.9 Å². The zero-order chi connectivity index (χ0) is 8.10. The summed E-state index contributed by atoms with van der Waals surface area (Å²) in [4.78, 5) is 3.79. The van der Waals surface area contributed by atoms with Gasteiger partial charge in [-0.2, -0.15) is 4.98 Å². The molecule has 5 heteroatoms. The van der Waals surface area contributed by atoms with Crippen LogP contribution in [0.3, 0.4) is 0 Å². The maximum atomic E-state index is 8.85. The van der Waals surface area contributed by atoms with Crippen molar-refractivity contribution in [1.82, 2.24) is 15.5 Å². The summed E-state index contributed by atoms with van der Waals surface area (Å²) in [5, 5.41) is 15.4. The van der Waals surface area contributed by atoms with Gasteiger partial charge in [0.25, 0.3) is 0 Å². The minimum absolute atomic E-state index is 0.345. The number of aromatic nitrogens is 2. The van der Waals surface area contributed by atoms with Crippen molar-refractivity contribution in [3.63, 3.8) is 0 Å². The highest BCUT2D eigenvalue weighted by atomic mass is 16.5. The summed E-state index contributed by atoms with van der Waals surface area (Å²) in [6.07, 6.45) is 0.932. The standard InChI is InChI=1S/C6H11N3O2/c1-5(10)2-7-3-6-8-4-11-9-6/h4-5,7,10H,2-3H2,1H3/t5-/m0/s1. The summed E-state index contributed by atoms with van der Waals surface area (Å²) in [6.45, 7) is 2.78. The highest BCUT2D eigenvalue weighted by Gasteiger charge is 1.98. The third-order valence-corrected chi connectivity index (χ3v) is 1.13. The first-order valence-electron chi connectivity index (χ1n) is 3.43. The lowest BCUT2D eigenvalue weighted by Gasteiger charge is -2.02. The van der Waals surface area contributed by atoms with Gasteiger partial charge in [-0.3, -0.25) is 0 Å². The molecular weight excluding hydrogens is 146 g/mol. The lowest BCUT2D eigenvalue weighted by atomic mass is 10.4. The van der Waals surface area contributed by atoms with Gasteiger partial charge in [0.2, 0.25) is 6.39 Å². The normalized spacial score (nSPS) is 13.3. The molecule has 2 N–H and O–H groups in total. The van der Waals surface area contributed by atoms with Gasteiger partial charge in [-0.25, -0.2) is 0 Å². The van der Waals surface area contributed by atoms with Crippen molar-refractivity contribution in [3.8, 4) is 0 Å². The monoisotopic (exact) mass is 157 g/mol. The van der Waals surface area contributed by atoms with E-state index >= 15 is 0 Å². The quantitative estimate of drug-likeness (QED) is 0.618. The van der Waals surface area contributed by atoms with E-state index in [1.165, 1.54) is 6.39 Å². The lowest BCUT2D eigenvalue weighted by Crippen LogP contribution is -2.24. The molecule has 0 fully saturated rings. The Morgan fingerprint density at radius 3 is 3.18 bits per heavy atom. The Hall–Kier alpha value is -0.940. The number of hydrogen-bond donors (Lipinski definition) is 2. The highest BCUT2D eigenvalue weighted by molar-refractivity contribution is 4.76. The Morgan fingerprint density at radius 2 is 2.64 bits per heavy atom. The molecule has 0 amide bonds. The highest BCUT2D eigenvalue weighted by Crippen LogP contribution is 1.86. The SMILES string of the molecule is C[C@H](O)CNCc1ncon1. The van der Waals surface area contributed by atoms with Gasteiger partial charge >= 0.3 is 0 Å². The summed E-state index contributed by atoms with van der Waals surface area (Å²) < 4.78 is 4.51. The van der Waals surface area contributed by atoms with Crippen molar-refractivity contribution >= 4 is 0 Å². The van der Waals surface area contributed by atoms with Crippen LogP contribution in [-0.2, 0) is 6.54 Å². The molecule has 0 aliphatic heterocycles. The fraction of sp³-hybridized carbons (Fsp3) is 0.667. The van der Waals surface area contributed by atoms with Crippen LogP contribution in [0.4, 0.5) is 0 Å². The van der Waals surface area contributed by atoms with E-state index in [4.69, 9.17) is 5.11 Å². The molecule has 1 rings (SSSR count). The molecule has 11 heavy (non-hydrogen) atoms. The predicted molar refractivity (Wildman–Crippen MR) is 37.7 cm³/mol. The van der Waals surface area contributed by atoms with Crippen molar-refractivity contribution in [2.45, 2.75) is 19.6 Å². The van der Waals surface area contributed by atoms with Crippen LogP contribution in [0.2, 0.25) is 0 Å². The van der Waals surface area contributed by atoms with Gasteiger partial charge in [0, 0.05) is 6.54 Å². The van der Waals surface area contributed by atoms with Crippen molar-refractivity contribution in [3.05, 3.63) is 12.2 Å². The number of nitrogens with zero attached hydrogens (tertiary/aromatic N) is 2. The molecule has 1 atom stereocenters. The van der Waals surface area contributed by atoms with Crippen LogP contribution in [0.15, 0.2) is 10.9 Å². The van der Waals surface area contributed by atoms with Crippen LogP contribution < -0.4 is 5.32 Å². The van der Waals surface area contributed by atoms with Crippen molar-refractivity contribution < 1.29 is 9.63 Å². The number of aliphatic hydroxyl groups excluding tert-OH is 1. The number of aliphatic hydroxyl groups is 1. The molecule has 5 nitrogen and oxygen atoms in total. The molecule has 0 saturated heterocycles. The fourth-order valence-electron chi connectivity index (χ4n) is 0.663. The summed E-state index contributed by atoms with van der Waals surface area (Å²) in [7, 11) is 0. The Morgan fingerprint density at radius 1 is 1.82 bits per heavy atom. The summed E-state index contributed by atoms with van der Waals surface area (Å²) in [6, 6.07) is 0. The summed E-state index contributed by atoms with van der Waals surface area (Å²) >= 11 is 0. The molecule has 1 heterocycles. The molecule has 62 valence electrons. The van der Waals surface area contributed by atoms with E-state index in [-0.39, 0.29) is 6.10 Å². The van der Waals surface area contributed by atoms with E-state index in [1.54, 1.807) is 6.92 Å². The van der Waals surface area contributed by atoms with E-state index in [1.807, 2.05) is 0 Å². The molecule has 0 spiro atoms. The zero-order valence-electron chi connectivity index (χ0n) is 6.32. The number of rotatable bonds is 4. The van der Waals surface area contributed by atoms with Gasteiger partial charge < -0.3 is 14.9 Å². The van der Waals surface area contributed by atoms with Crippen LogP contribution in [0.1, 0.15) is 12.7 Å². The fourth-order valence-corrected chi connectivity index (χ4v) is 0.663. The Balaban J connectivity index is 2.14. The van der Waals surface area contributed by atoms with Crippen molar-refractivity contribution in [2.75, 3.05) is 6.54 Å². The van der Waals surface area contributed by atoms with Crippen LogP contribution in [0.5, 0.6) is 0 Å². The molecule has 0 saturated carbocycles. The number of nitrogens with one attached hydrogen (secondary N) is 1. The van der Waals surface area contributed by atoms with E-state index < -0.39 is 0 Å². The zero-order valence-corrected chi connectivity index (χ0v) is 6.32.